The lowest BCUT2D eigenvalue weighted by molar-refractivity contribution is -0.138. The second-order valence-corrected chi connectivity index (χ2v) is 4.25. The van der Waals surface area contributed by atoms with Gasteiger partial charge in [-0.1, -0.05) is 35.3 Å². The summed E-state index contributed by atoms with van der Waals surface area (Å²) in [6, 6.07) is 6.99. The lowest BCUT2D eigenvalue weighted by Gasteiger charge is -2.14. The Bertz CT molecular complexity index is 341. The zero-order chi connectivity index (χ0) is 11.3. The predicted octanol–water partition coefficient (Wildman–Crippen LogP) is 3.11. The van der Waals surface area contributed by atoms with Crippen LogP contribution in [0.4, 0.5) is 5.69 Å². The molecule has 4 heteroatoms. The quantitative estimate of drug-likeness (QED) is 0.865. The van der Waals surface area contributed by atoms with Gasteiger partial charge in [0.1, 0.15) is 6.04 Å². The highest BCUT2D eigenvalue weighted by molar-refractivity contribution is 9.10. The van der Waals surface area contributed by atoms with Gasteiger partial charge in [-0.2, -0.15) is 0 Å². The second kappa shape index (κ2) is 5.75. The van der Waals surface area contributed by atoms with E-state index in [0.29, 0.717) is 6.42 Å². The van der Waals surface area contributed by atoms with E-state index < -0.39 is 12.0 Å². The monoisotopic (exact) mass is 271 g/mol. The van der Waals surface area contributed by atoms with Gasteiger partial charge in [-0.15, -0.1) is 0 Å². The Balaban J connectivity index is 2.69. The first-order valence-corrected chi connectivity index (χ1v) is 5.67. The Kier molecular flexibility index (Phi) is 4.62. The zero-order valence-corrected chi connectivity index (χ0v) is 10.1. The number of anilines is 1. The summed E-state index contributed by atoms with van der Waals surface area (Å²) in [5, 5.41) is 12.0. The van der Waals surface area contributed by atoms with Crippen molar-refractivity contribution in [2.24, 2.45) is 0 Å². The van der Waals surface area contributed by atoms with Gasteiger partial charge in [0.15, 0.2) is 0 Å². The minimum Gasteiger partial charge on any atom is -0.480 e. The maximum absolute atomic E-state index is 10.9. The van der Waals surface area contributed by atoms with Crippen LogP contribution in [0.25, 0.3) is 0 Å². The summed E-state index contributed by atoms with van der Waals surface area (Å²) in [6.07, 6.45) is 1.47. The average molecular weight is 272 g/mol. The number of benzene rings is 1. The third-order valence-electron chi connectivity index (χ3n) is 2.04. The Morgan fingerprint density at radius 1 is 1.60 bits per heavy atom. The van der Waals surface area contributed by atoms with Crippen molar-refractivity contribution < 1.29 is 9.90 Å². The predicted molar refractivity (Wildman–Crippen MR) is 64.1 cm³/mol. The molecule has 15 heavy (non-hydrogen) atoms. The van der Waals surface area contributed by atoms with Crippen molar-refractivity contribution in [1.82, 2.24) is 0 Å². The number of carboxylic acids is 1. The van der Waals surface area contributed by atoms with E-state index in [1.165, 1.54) is 0 Å². The summed E-state index contributed by atoms with van der Waals surface area (Å²) in [5.41, 5.74) is 0.824. The van der Waals surface area contributed by atoms with E-state index in [9.17, 15) is 4.79 Å². The molecule has 0 aliphatic carbocycles. The number of carboxylic acid groups (broad SMARTS) is 1. The van der Waals surface area contributed by atoms with Crippen LogP contribution in [0.2, 0.25) is 0 Å². The second-order valence-electron chi connectivity index (χ2n) is 3.33. The number of halogens is 1. The van der Waals surface area contributed by atoms with E-state index in [4.69, 9.17) is 5.11 Å². The molecule has 1 atom stereocenters. The lowest BCUT2D eigenvalue weighted by Crippen LogP contribution is -2.28. The summed E-state index contributed by atoms with van der Waals surface area (Å²) in [4.78, 5) is 10.9. The van der Waals surface area contributed by atoms with Crippen molar-refractivity contribution in [1.29, 1.82) is 0 Å². The first kappa shape index (κ1) is 12.0. The third-order valence-corrected chi connectivity index (χ3v) is 2.53. The van der Waals surface area contributed by atoms with Gasteiger partial charge in [-0.25, -0.2) is 4.79 Å². The van der Waals surface area contributed by atoms with Gasteiger partial charge in [-0.3, -0.25) is 0 Å². The van der Waals surface area contributed by atoms with Gasteiger partial charge in [0.2, 0.25) is 0 Å². The van der Waals surface area contributed by atoms with Gasteiger partial charge in [0.25, 0.3) is 0 Å². The van der Waals surface area contributed by atoms with Crippen LogP contribution in [-0.2, 0) is 4.79 Å². The maximum Gasteiger partial charge on any atom is 0.326 e. The Morgan fingerprint density at radius 2 is 2.33 bits per heavy atom. The molecular formula is C11H14BrNO2. The molecule has 1 aromatic rings. The average Bonchev–Trinajstić information content (AvgIpc) is 2.17. The van der Waals surface area contributed by atoms with Crippen LogP contribution in [-0.4, -0.2) is 17.1 Å². The van der Waals surface area contributed by atoms with E-state index in [0.717, 1.165) is 16.6 Å². The molecule has 1 rings (SSSR count). The fourth-order valence-electron chi connectivity index (χ4n) is 1.33. The summed E-state index contributed by atoms with van der Waals surface area (Å²) < 4.78 is 0.938. The largest absolute Gasteiger partial charge is 0.480 e. The van der Waals surface area contributed by atoms with Crippen LogP contribution in [0.5, 0.6) is 0 Å². The molecule has 0 radical (unpaired) electrons. The topological polar surface area (TPSA) is 49.3 Å². The van der Waals surface area contributed by atoms with Crippen LogP contribution in [0.1, 0.15) is 19.8 Å². The standard InChI is InChI=1S/C11H14BrNO2/c1-2-4-10(11(14)15)13-9-6-3-5-8(12)7-9/h3,5-7,10,13H,2,4H2,1H3,(H,14,15)/t10-/m0/s1. The number of hydrogen-bond acceptors (Lipinski definition) is 2. The van der Waals surface area contributed by atoms with Crippen molar-refractivity contribution in [3.8, 4) is 0 Å². The molecule has 0 fully saturated rings. The first-order valence-electron chi connectivity index (χ1n) is 4.88. The highest BCUT2D eigenvalue weighted by Gasteiger charge is 2.15. The lowest BCUT2D eigenvalue weighted by atomic mass is 10.1. The van der Waals surface area contributed by atoms with E-state index in [-0.39, 0.29) is 0 Å². The van der Waals surface area contributed by atoms with Crippen LogP contribution in [0, 0.1) is 0 Å². The zero-order valence-electron chi connectivity index (χ0n) is 8.53. The van der Waals surface area contributed by atoms with Gasteiger partial charge in [0.05, 0.1) is 0 Å². The molecule has 0 spiro atoms. The normalized spacial score (nSPS) is 12.1. The maximum atomic E-state index is 10.9. The van der Waals surface area contributed by atoms with Crippen molar-refractivity contribution in [2.45, 2.75) is 25.8 Å². The fourth-order valence-corrected chi connectivity index (χ4v) is 1.72. The molecule has 0 aromatic heterocycles. The Hall–Kier alpha value is -1.03. The van der Waals surface area contributed by atoms with Crippen molar-refractivity contribution in [3.63, 3.8) is 0 Å². The van der Waals surface area contributed by atoms with Gasteiger partial charge in [-0.05, 0) is 24.6 Å². The molecule has 0 saturated heterocycles. The summed E-state index contributed by atoms with van der Waals surface area (Å²) in [5.74, 6) is -0.808. The molecule has 0 bridgehead atoms. The molecular weight excluding hydrogens is 258 g/mol. The highest BCUT2D eigenvalue weighted by atomic mass is 79.9. The van der Waals surface area contributed by atoms with Gasteiger partial charge in [0, 0.05) is 10.2 Å². The molecule has 0 saturated carbocycles. The number of carbonyl (C=O) groups is 1. The number of hydrogen-bond donors (Lipinski definition) is 2. The summed E-state index contributed by atoms with van der Waals surface area (Å²) in [6.45, 7) is 1.97. The van der Waals surface area contributed by atoms with Crippen molar-refractivity contribution in [3.05, 3.63) is 28.7 Å². The molecule has 2 N–H and O–H groups in total. The molecule has 1 aromatic carbocycles. The van der Waals surface area contributed by atoms with Crippen LogP contribution < -0.4 is 5.32 Å². The minimum atomic E-state index is -0.808. The molecule has 0 aliphatic rings. The van der Waals surface area contributed by atoms with E-state index in [2.05, 4.69) is 21.2 Å². The molecule has 3 nitrogen and oxygen atoms in total. The van der Waals surface area contributed by atoms with Crippen LogP contribution in [0.15, 0.2) is 28.7 Å². The van der Waals surface area contributed by atoms with Crippen LogP contribution >= 0.6 is 15.9 Å². The minimum absolute atomic E-state index is 0.510. The fraction of sp³-hybridized carbons (Fsp3) is 0.364. The smallest absolute Gasteiger partial charge is 0.326 e. The first-order chi connectivity index (χ1) is 7.13. The van der Waals surface area contributed by atoms with Crippen molar-refractivity contribution >= 4 is 27.6 Å². The van der Waals surface area contributed by atoms with Gasteiger partial charge < -0.3 is 10.4 Å². The molecule has 0 amide bonds. The molecule has 0 unspecified atom stereocenters. The van der Waals surface area contributed by atoms with E-state index in [1.54, 1.807) is 0 Å². The SMILES string of the molecule is CCC[C@H](Nc1cccc(Br)c1)C(=O)O. The molecule has 82 valence electrons. The van der Waals surface area contributed by atoms with E-state index in [1.807, 2.05) is 31.2 Å². The highest BCUT2D eigenvalue weighted by Crippen LogP contribution is 2.17. The van der Waals surface area contributed by atoms with Gasteiger partial charge >= 0.3 is 5.97 Å². The number of nitrogens with one attached hydrogen (secondary N) is 1. The van der Waals surface area contributed by atoms with Crippen LogP contribution in [0.3, 0.4) is 0 Å². The number of rotatable bonds is 5. The van der Waals surface area contributed by atoms with Crippen molar-refractivity contribution in [2.75, 3.05) is 5.32 Å². The summed E-state index contributed by atoms with van der Waals surface area (Å²) in [7, 11) is 0. The summed E-state index contributed by atoms with van der Waals surface area (Å²) >= 11 is 3.34. The molecule has 0 heterocycles. The Labute approximate surface area is 97.6 Å². The Morgan fingerprint density at radius 3 is 2.87 bits per heavy atom. The van der Waals surface area contributed by atoms with E-state index >= 15 is 0 Å². The number of aliphatic carboxylic acids is 1. The third kappa shape index (κ3) is 3.91. The molecule has 0 aliphatic heterocycles.